The molecule has 1 spiro atoms. The molecular weight excluding hydrogens is 750 g/mol. The highest BCUT2D eigenvalue weighted by Crippen LogP contribution is 2.57. The van der Waals surface area contributed by atoms with Crippen LogP contribution in [0.25, 0.3) is 0 Å². The summed E-state index contributed by atoms with van der Waals surface area (Å²) in [4.78, 5) is 62.2. The van der Waals surface area contributed by atoms with Crippen LogP contribution >= 0.6 is 15.9 Å². The molecule has 21 heteroatoms. The topological polar surface area (TPSA) is 326 Å². The number of benzene rings is 1. The third kappa shape index (κ3) is 5.38. The number of aliphatic hydroxyl groups excluding tert-OH is 7. The van der Waals surface area contributed by atoms with Crippen molar-refractivity contribution in [3.8, 4) is 0 Å². The zero-order valence-corrected chi connectivity index (χ0v) is 27.9. The molecule has 20 nitrogen and oxygen atoms in total. The number of esters is 1. The summed E-state index contributed by atoms with van der Waals surface area (Å²) >= 11 is 3.35. The van der Waals surface area contributed by atoms with Crippen molar-refractivity contribution >= 4 is 50.7 Å². The average Bonchev–Trinajstić information content (AvgIpc) is 3.39. The van der Waals surface area contributed by atoms with Crippen LogP contribution in [-0.4, -0.2) is 148 Å². The van der Waals surface area contributed by atoms with Crippen LogP contribution in [0.5, 0.6) is 0 Å². The molecule has 12 N–H and O–H groups in total. The molecule has 2 saturated carbocycles. The van der Waals surface area contributed by atoms with Crippen molar-refractivity contribution in [3.05, 3.63) is 49.1 Å². The zero-order chi connectivity index (χ0) is 36.9. The molecule has 1 amide bonds. The molecule has 0 bridgehead atoms. The molecule has 1 saturated heterocycles. The van der Waals surface area contributed by atoms with E-state index < -0.39 is 120 Å². The lowest BCUT2D eigenvalue weighted by Gasteiger charge is -2.46. The van der Waals surface area contributed by atoms with Gasteiger partial charge in [-0.25, -0.2) is 14.6 Å². The number of aromatic nitrogens is 2. The second-order valence-corrected chi connectivity index (χ2v) is 14.3. The summed E-state index contributed by atoms with van der Waals surface area (Å²) in [6, 6.07) is 3.15. The maximum atomic E-state index is 14.3. The first-order valence-electron chi connectivity index (χ1n) is 15.8. The first-order chi connectivity index (χ1) is 24.0. The monoisotopic (exact) mass is 783 g/mol. The molecule has 51 heavy (non-hydrogen) atoms. The summed E-state index contributed by atoms with van der Waals surface area (Å²) in [6.45, 7) is 0.755. The summed E-state index contributed by atoms with van der Waals surface area (Å²) in [5.74, 6) is -3.58. The fourth-order valence-electron chi connectivity index (χ4n) is 7.73. The Bertz CT molecular complexity index is 1920. The van der Waals surface area contributed by atoms with Gasteiger partial charge in [-0.2, -0.15) is 0 Å². The highest BCUT2D eigenvalue weighted by molar-refractivity contribution is 9.10. The van der Waals surface area contributed by atoms with Gasteiger partial charge in [-0.3, -0.25) is 19.6 Å². The summed E-state index contributed by atoms with van der Waals surface area (Å²) in [5.41, 5.74) is -5.91. The van der Waals surface area contributed by atoms with E-state index in [9.17, 15) is 60.0 Å². The number of halogens is 1. The first-order valence-corrected chi connectivity index (χ1v) is 16.6. The molecule has 4 heterocycles. The van der Waals surface area contributed by atoms with Gasteiger partial charge in [0, 0.05) is 16.1 Å². The van der Waals surface area contributed by atoms with Crippen LogP contribution in [0, 0.1) is 5.92 Å². The number of nitrogens with one attached hydrogen (secondary N) is 4. The number of carbonyl (C=O) groups excluding carboxylic acids is 2. The fourth-order valence-corrected chi connectivity index (χ4v) is 8.09. The van der Waals surface area contributed by atoms with E-state index in [-0.39, 0.29) is 18.0 Å². The van der Waals surface area contributed by atoms with Gasteiger partial charge in [0.05, 0.1) is 12.3 Å². The molecule has 2 aliphatic carbocycles. The Kier molecular flexibility index (Phi) is 8.78. The van der Waals surface area contributed by atoms with Crippen LogP contribution in [0.2, 0.25) is 0 Å². The lowest BCUT2D eigenvalue weighted by Crippen LogP contribution is -2.67. The number of H-pyrrole nitrogens is 2. The van der Waals surface area contributed by atoms with Crippen molar-refractivity contribution in [2.45, 2.75) is 91.6 Å². The number of rotatable bonds is 4. The Balaban J connectivity index is 1.29. The smallest absolute Gasteiger partial charge is 0.329 e. The van der Waals surface area contributed by atoms with Crippen LogP contribution < -0.4 is 21.9 Å². The minimum absolute atomic E-state index is 0.224. The molecular formula is C30H34BrN5O15. The standard InChI is InChI=1S/C30H34BrN5O15/c1-29(48)22-8(5-30(29)9-3-2-7(31)4-10(9)32-27(30)46)12(34-23-13(33-22)24(44)36-28(47)35-23)25(45)50-20-17(41)15(39)16(40)18(42)21(20)51-26-19(43)14(38)11(37)6-49-26/h2-4,8,11-12,14-21,26,37-43,48H,5-6H2,1H3,(H,32,46)(H3,34,35,36,44,47)/t8-,11-,12+,14+,15+,16-,17+,18+,19-,20-,21-,26+,29-,30+/m1/s1. The number of fused-ring (bicyclic) bond motifs is 4. The van der Waals surface area contributed by atoms with E-state index in [1.165, 1.54) is 6.92 Å². The van der Waals surface area contributed by atoms with Gasteiger partial charge in [-0.15, -0.1) is 0 Å². The Morgan fingerprint density at radius 2 is 1.65 bits per heavy atom. The molecule has 0 radical (unpaired) electrons. The van der Waals surface area contributed by atoms with Crippen LogP contribution in [0.1, 0.15) is 18.9 Å². The summed E-state index contributed by atoms with van der Waals surface area (Å²) in [6.07, 6.45) is -19.7. The third-order valence-corrected chi connectivity index (χ3v) is 10.9. The van der Waals surface area contributed by atoms with Crippen molar-refractivity contribution in [1.82, 2.24) is 9.97 Å². The van der Waals surface area contributed by atoms with E-state index in [1.807, 2.05) is 4.98 Å². The van der Waals surface area contributed by atoms with Crippen molar-refractivity contribution in [3.63, 3.8) is 0 Å². The Labute approximate surface area is 293 Å². The average molecular weight is 785 g/mol. The van der Waals surface area contributed by atoms with E-state index in [4.69, 9.17) is 14.2 Å². The SMILES string of the molecule is C[C@@]1(O)C2=Nc3c([nH]c(=O)[nH]c3=O)N[C@H](C(=O)O[C@@H]3[C@@H](O)[C@@H](O)[C@@H](O)[C@H](O)[C@H]3O[C@@H]3OC[C@@H](O)[C@H](O)[C@H]3O)[C@H]2C[C@]12C(=O)Nc1cc(Br)ccc12. The molecule has 2 aromatic rings. The van der Waals surface area contributed by atoms with Gasteiger partial charge in [0.25, 0.3) is 5.56 Å². The number of carbonyl (C=O) groups is 2. The van der Waals surface area contributed by atoms with Crippen LogP contribution in [-0.2, 0) is 29.2 Å². The predicted octanol–water partition coefficient (Wildman–Crippen LogP) is -4.45. The number of hydrogen-bond donors (Lipinski definition) is 12. The Hall–Kier alpha value is -3.61. The van der Waals surface area contributed by atoms with Gasteiger partial charge in [-0.1, -0.05) is 22.0 Å². The van der Waals surface area contributed by atoms with Crippen molar-refractivity contribution in [2.24, 2.45) is 10.9 Å². The van der Waals surface area contributed by atoms with Crippen molar-refractivity contribution in [1.29, 1.82) is 0 Å². The van der Waals surface area contributed by atoms with Gasteiger partial charge in [0.1, 0.15) is 71.7 Å². The molecule has 1 aromatic carbocycles. The van der Waals surface area contributed by atoms with Crippen molar-refractivity contribution in [2.75, 3.05) is 17.2 Å². The van der Waals surface area contributed by atoms with E-state index in [2.05, 4.69) is 36.5 Å². The molecule has 0 unspecified atom stereocenters. The maximum absolute atomic E-state index is 14.3. The Morgan fingerprint density at radius 1 is 0.961 bits per heavy atom. The number of amides is 1. The highest BCUT2D eigenvalue weighted by atomic mass is 79.9. The minimum atomic E-state index is -2.18. The number of nitrogens with zero attached hydrogens (tertiary/aromatic N) is 1. The third-order valence-electron chi connectivity index (χ3n) is 10.4. The van der Waals surface area contributed by atoms with Crippen LogP contribution in [0.15, 0.2) is 37.3 Å². The molecule has 3 fully saturated rings. The normalized spacial score (nSPS) is 41.5. The minimum Gasteiger partial charge on any atom is -0.455 e. The molecule has 276 valence electrons. The fraction of sp³-hybridized carbons (Fsp3) is 0.567. The lowest BCUT2D eigenvalue weighted by atomic mass is 9.70. The largest absolute Gasteiger partial charge is 0.455 e. The molecule has 7 rings (SSSR count). The van der Waals surface area contributed by atoms with Gasteiger partial charge < -0.3 is 65.7 Å². The zero-order valence-electron chi connectivity index (χ0n) is 26.3. The number of anilines is 2. The van der Waals surface area contributed by atoms with E-state index in [1.54, 1.807) is 18.2 Å². The van der Waals surface area contributed by atoms with Crippen LogP contribution in [0.3, 0.4) is 0 Å². The second-order valence-electron chi connectivity index (χ2n) is 13.4. The number of hydrogen-bond acceptors (Lipinski definition) is 17. The van der Waals surface area contributed by atoms with E-state index >= 15 is 0 Å². The predicted molar refractivity (Wildman–Crippen MR) is 172 cm³/mol. The number of ether oxygens (including phenoxy) is 3. The van der Waals surface area contributed by atoms with Gasteiger partial charge in [-0.05, 0) is 31.0 Å². The van der Waals surface area contributed by atoms with E-state index in [0.29, 0.717) is 15.7 Å². The highest BCUT2D eigenvalue weighted by Gasteiger charge is 2.69. The molecule has 3 aliphatic heterocycles. The van der Waals surface area contributed by atoms with E-state index in [0.717, 1.165) is 0 Å². The van der Waals surface area contributed by atoms with Gasteiger partial charge in [0.2, 0.25) is 5.91 Å². The maximum Gasteiger partial charge on any atom is 0.329 e. The molecule has 14 atom stereocenters. The molecule has 1 aromatic heterocycles. The number of aliphatic hydroxyl groups is 8. The number of aliphatic imine (C=N–C) groups is 1. The summed E-state index contributed by atoms with van der Waals surface area (Å²) in [7, 11) is 0. The summed E-state index contributed by atoms with van der Waals surface area (Å²) in [5, 5.41) is 91.1. The first kappa shape index (κ1) is 35.8. The summed E-state index contributed by atoms with van der Waals surface area (Å²) < 4.78 is 17.1. The number of aromatic amines is 2. The van der Waals surface area contributed by atoms with Crippen LogP contribution in [0.4, 0.5) is 17.2 Å². The second kappa shape index (κ2) is 12.5. The van der Waals surface area contributed by atoms with Crippen molar-refractivity contribution < 1.29 is 64.7 Å². The molecule has 5 aliphatic rings. The quantitative estimate of drug-likeness (QED) is 0.130. The van der Waals surface area contributed by atoms with Gasteiger partial charge in [0.15, 0.2) is 18.1 Å². The lowest BCUT2D eigenvalue weighted by molar-refractivity contribution is -0.322. The van der Waals surface area contributed by atoms with Gasteiger partial charge >= 0.3 is 11.7 Å². The Morgan fingerprint density at radius 3 is 2.35 bits per heavy atom.